The zero-order valence-corrected chi connectivity index (χ0v) is 16.3. The zero-order chi connectivity index (χ0) is 20.6. The number of esters is 1. The minimum Gasteiger partial charge on any atom is -0.497 e. The number of carbonyl (C=O) groups is 1. The second kappa shape index (κ2) is 9.43. The fraction of sp³-hybridized carbons (Fsp3) is 0.167. The molecule has 5 heteroatoms. The van der Waals surface area contributed by atoms with Crippen LogP contribution in [0.25, 0.3) is 11.1 Å². The molecule has 146 valence electrons. The van der Waals surface area contributed by atoms with Crippen LogP contribution in [0.1, 0.15) is 17.5 Å². The van der Waals surface area contributed by atoms with Gasteiger partial charge < -0.3 is 14.2 Å². The van der Waals surface area contributed by atoms with Crippen LogP contribution in [0.2, 0.25) is 0 Å². The van der Waals surface area contributed by atoms with E-state index in [0.717, 1.165) is 16.7 Å². The van der Waals surface area contributed by atoms with Crippen LogP contribution in [0, 0.1) is 11.3 Å². The largest absolute Gasteiger partial charge is 0.497 e. The summed E-state index contributed by atoms with van der Waals surface area (Å²) in [5.74, 6) is 1.56. The Kier molecular flexibility index (Phi) is 6.49. The van der Waals surface area contributed by atoms with Crippen molar-refractivity contribution >= 4 is 5.97 Å². The Morgan fingerprint density at radius 1 is 0.828 bits per heavy atom. The van der Waals surface area contributed by atoms with E-state index in [1.54, 1.807) is 44.6 Å². The lowest BCUT2D eigenvalue weighted by molar-refractivity contribution is -0.134. The third-order valence-corrected chi connectivity index (χ3v) is 4.46. The lowest BCUT2D eigenvalue weighted by atomic mass is 10.0. The summed E-state index contributed by atoms with van der Waals surface area (Å²) < 4.78 is 15.9. The molecule has 5 nitrogen and oxygen atoms in total. The van der Waals surface area contributed by atoms with E-state index < -0.39 is 0 Å². The van der Waals surface area contributed by atoms with Crippen molar-refractivity contribution in [1.29, 1.82) is 5.26 Å². The summed E-state index contributed by atoms with van der Waals surface area (Å²) in [6.07, 6.45) is 0.767. The first-order valence-corrected chi connectivity index (χ1v) is 9.14. The van der Waals surface area contributed by atoms with E-state index in [1.807, 2.05) is 36.4 Å². The van der Waals surface area contributed by atoms with Crippen LogP contribution in [0.5, 0.6) is 17.2 Å². The van der Waals surface area contributed by atoms with Crippen LogP contribution in [0.4, 0.5) is 0 Å². The van der Waals surface area contributed by atoms with E-state index >= 15 is 0 Å². The predicted octanol–water partition coefficient (Wildman–Crippen LogP) is 4.78. The van der Waals surface area contributed by atoms with Crippen molar-refractivity contribution in [3.8, 4) is 34.4 Å². The Morgan fingerprint density at radius 2 is 1.38 bits per heavy atom. The summed E-state index contributed by atoms with van der Waals surface area (Å²) in [5, 5.41) is 8.88. The van der Waals surface area contributed by atoms with Crippen LogP contribution in [-0.2, 0) is 11.2 Å². The van der Waals surface area contributed by atoms with Gasteiger partial charge in [0.05, 0.1) is 25.9 Å². The average molecular weight is 387 g/mol. The number of nitriles is 1. The topological polar surface area (TPSA) is 68.5 Å². The average Bonchev–Trinajstić information content (AvgIpc) is 2.78. The molecule has 0 heterocycles. The van der Waals surface area contributed by atoms with Gasteiger partial charge in [-0.3, -0.25) is 4.79 Å². The van der Waals surface area contributed by atoms with Crippen molar-refractivity contribution in [3.05, 3.63) is 77.9 Å². The standard InChI is InChI=1S/C24H21NO4/c1-27-22-13-18(14-23(15-22)28-2)5-12-24(26)29-21-10-8-20(9-11-21)19-6-3-17(16-25)4-7-19/h3-4,6-11,13-15H,5,12H2,1-2H3. The third kappa shape index (κ3) is 5.36. The molecule has 0 fully saturated rings. The van der Waals surface area contributed by atoms with Crippen molar-refractivity contribution in [2.24, 2.45) is 0 Å². The Morgan fingerprint density at radius 3 is 1.90 bits per heavy atom. The molecule has 3 aromatic carbocycles. The maximum atomic E-state index is 12.2. The van der Waals surface area contributed by atoms with Gasteiger partial charge in [-0.2, -0.15) is 5.26 Å². The zero-order valence-electron chi connectivity index (χ0n) is 16.3. The Labute approximate surface area is 170 Å². The first-order chi connectivity index (χ1) is 14.1. The Bertz CT molecular complexity index is 996. The van der Waals surface area contributed by atoms with Gasteiger partial charge in [0, 0.05) is 12.5 Å². The van der Waals surface area contributed by atoms with Gasteiger partial charge in [0.1, 0.15) is 17.2 Å². The molecule has 0 saturated carbocycles. The fourth-order valence-corrected chi connectivity index (χ4v) is 2.89. The quantitative estimate of drug-likeness (QED) is 0.431. The molecule has 0 bridgehead atoms. The van der Waals surface area contributed by atoms with Crippen molar-refractivity contribution in [2.45, 2.75) is 12.8 Å². The second-order valence-corrected chi connectivity index (χ2v) is 6.41. The molecule has 0 aliphatic carbocycles. The Balaban J connectivity index is 1.59. The monoisotopic (exact) mass is 387 g/mol. The van der Waals surface area contributed by atoms with Gasteiger partial charge in [0.2, 0.25) is 0 Å². The number of hydrogen-bond acceptors (Lipinski definition) is 5. The summed E-state index contributed by atoms with van der Waals surface area (Å²) in [5.41, 5.74) is 3.54. The highest BCUT2D eigenvalue weighted by Crippen LogP contribution is 2.25. The number of methoxy groups -OCH3 is 2. The number of carbonyl (C=O) groups excluding carboxylic acids is 1. The molecule has 0 aromatic heterocycles. The highest BCUT2D eigenvalue weighted by atomic mass is 16.5. The van der Waals surface area contributed by atoms with Gasteiger partial charge in [-0.1, -0.05) is 24.3 Å². The van der Waals surface area contributed by atoms with E-state index in [2.05, 4.69) is 6.07 Å². The van der Waals surface area contributed by atoms with Crippen molar-refractivity contribution in [2.75, 3.05) is 14.2 Å². The summed E-state index contributed by atoms with van der Waals surface area (Å²) in [6.45, 7) is 0. The summed E-state index contributed by atoms with van der Waals surface area (Å²) in [7, 11) is 3.18. The number of aryl methyl sites for hydroxylation is 1. The van der Waals surface area contributed by atoms with E-state index in [0.29, 0.717) is 29.2 Å². The van der Waals surface area contributed by atoms with E-state index in [4.69, 9.17) is 19.5 Å². The summed E-state index contributed by atoms with van der Waals surface area (Å²) >= 11 is 0. The molecule has 0 unspecified atom stereocenters. The van der Waals surface area contributed by atoms with Gasteiger partial charge in [-0.05, 0) is 59.5 Å². The molecule has 3 rings (SSSR count). The number of ether oxygens (including phenoxy) is 3. The molecular weight excluding hydrogens is 366 g/mol. The van der Waals surface area contributed by atoms with Gasteiger partial charge in [-0.15, -0.1) is 0 Å². The van der Waals surface area contributed by atoms with Crippen molar-refractivity contribution in [3.63, 3.8) is 0 Å². The SMILES string of the molecule is COc1cc(CCC(=O)Oc2ccc(-c3ccc(C#N)cc3)cc2)cc(OC)c1. The highest BCUT2D eigenvalue weighted by Gasteiger charge is 2.08. The maximum absolute atomic E-state index is 12.2. The molecule has 0 radical (unpaired) electrons. The molecule has 0 aliphatic heterocycles. The van der Waals surface area contributed by atoms with Crippen LogP contribution in [0.15, 0.2) is 66.7 Å². The number of nitrogens with zero attached hydrogens (tertiary/aromatic N) is 1. The molecule has 29 heavy (non-hydrogen) atoms. The van der Waals surface area contributed by atoms with Crippen LogP contribution in [-0.4, -0.2) is 20.2 Å². The van der Waals surface area contributed by atoms with Gasteiger partial charge in [0.25, 0.3) is 0 Å². The van der Waals surface area contributed by atoms with E-state index in [9.17, 15) is 4.79 Å². The summed E-state index contributed by atoms with van der Waals surface area (Å²) in [4.78, 5) is 12.2. The smallest absolute Gasteiger partial charge is 0.311 e. The number of benzene rings is 3. The number of rotatable bonds is 7. The van der Waals surface area contributed by atoms with E-state index in [-0.39, 0.29) is 12.4 Å². The normalized spacial score (nSPS) is 10.1. The molecule has 0 N–H and O–H groups in total. The fourth-order valence-electron chi connectivity index (χ4n) is 2.89. The first kappa shape index (κ1) is 20.0. The lowest BCUT2D eigenvalue weighted by Crippen LogP contribution is -2.09. The molecule has 3 aromatic rings. The number of hydrogen-bond donors (Lipinski definition) is 0. The summed E-state index contributed by atoms with van der Waals surface area (Å²) in [6, 6.07) is 22.3. The van der Waals surface area contributed by atoms with Crippen molar-refractivity contribution in [1.82, 2.24) is 0 Å². The molecular formula is C24H21NO4. The minimum atomic E-state index is -0.307. The third-order valence-electron chi connectivity index (χ3n) is 4.46. The molecule has 0 spiro atoms. The van der Waals surface area contributed by atoms with Gasteiger partial charge in [-0.25, -0.2) is 0 Å². The molecule has 0 atom stereocenters. The first-order valence-electron chi connectivity index (χ1n) is 9.14. The van der Waals surface area contributed by atoms with Gasteiger partial charge >= 0.3 is 5.97 Å². The minimum absolute atomic E-state index is 0.244. The Hall–Kier alpha value is -3.78. The van der Waals surface area contributed by atoms with Crippen LogP contribution in [0.3, 0.4) is 0 Å². The maximum Gasteiger partial charge on any atom is 0.311 e. The van der Waals surface area contributed by atoms with Crippen LogP contribution >= 0.6 is 0 Å². The second-order valence-electron chi connectivity index (χ2n) is 6.41. The van der Waals surface area contributed by atoms with E-state index in [1.165, 1.54) is 0 Å². The predicted molar refractivity (Wildman–Crippen MR) is 110 cm³/mol. The van der Waals surface area contributed by atoms with Crippen molar-refractivity contribution < 1.29 is 19.0 Å². The highest BCUT2D eigenvalue weighted by molar-refractivity contribution is 5.73. The lowest BCUT2D eigenvalue weighted by Gasteiger charge is -2.09. The molecule has 0 amide bonds. The molecule has 0 aliphatic rings. The van der Waals surface area contributed by atoms with Crippen LogP contribution < -0.4 is 14.2 Å². The molecule has 0 saturated heterocycles. The van der Waals surface area contributed by atoms with Gasteiger partial charge in [0.15, 0.2) is 0 Å².